The summed E-state index contributed by atoms with van der Waals surface area (Å²) in [5.41, 5.74) is 0. The summed E-state index contributed by atoms with van der Waals surface area (Å²) in [5.74, 6) is -0.539. The molecule has 1 rings (SSSR count). The first-order chi connectivity index (χ1) is 6.66. The van der Waals surface area contributed by atoms with Gasteiger partial charge in [0.05, 0.1) is 16.7 Å². The maximum atomic E-state index is 13.3. The Morgan fingerprint density at radius 2 is 1.93 bits per heavy atom. The molecule has 0 aliphatic rings. The van der Waals surface area contributed by atoms with E-state index in [1.165, 1.54) is 12.1 Å². The van der Waals surface area contributed by atoms with Crippen LogP contribution in [0.1, 0.15) is 19.8 Å². The normalized spacial score (nSPS) is 10.3. The molecule has 0 saturated heterocycles. The number of hydrogen-bond acceptors (Lipinski definition) is 1. The third kappa shape index (κ3) is 2.76. The van der Waals surface area contributed by atoms with Crippen LogP contribution in [0.5, 0.6) is 5.75 Å². The second kappa shape index (κ2) is 5.42. The van der Waals surface area contributed by atoms with E-state index in [9.17, 15) is 4.39 Å². The topological polar surface area (TPSA) is 9.23 Å². The molecule has 0 unspecified atom stereocenters. The molecule has 1 aromatic rings. The Morgan fingerprint density at radius 1 is 1.29 bits per heavy atom. The van der Waals surface area contributed by atoms with E-state index < -0.39 is 5.82 Å². The third-order valence-electron chi connectivity index (χ3n) is 1.75. The van der Waals surface area contributed by atoms with Gasteiger partial charge < -0.3 is 4.74 Å². The fourth-order valence-electron chi connectivity index (χ4n) is 0.959. The van der Waals surface area contributed by atoms with Crippen molar-refractivity contribution in [3.63, 3.8) is 0 Å². The van der Waals surface area contributed by atoms with Crippen LogP contribution in [0.15, 0.2) is 12.1 Å². The van der Waals surface area contributed by atoms with Crippen LogP contribution in [0, 0.1) is 5.82 Å². The molecule has 0 fully saturated rings. The van der Waals surface area contributed by atoms with Crippen molar-refractivity contribution < 1.29 is 9.13 Å². The third-order valence-corrected chi connectivity index (χ3v) is 2.34. The summed E-state index contributed by atoms with van der Waals surface area (Å²) in [4.78, 5) is 0. The van der Waals surface area contributed by atoms with Crippen molar-refractivity contribution in [2.45, 2.75) is 19.8 Å². The second-order valence-electron chi connectivity index (χ2n) is 2.87. The number of unbranched alkanes of at least 4 members (excludes halogenated alkanes) is 1. The molecule has 4 heteroatoms. The molecule has 14 heavy (non-hydrogen) atoms. The van der Waals surface area contributed by atoms with Crippen molar-refractivity contribution in [2.24, 2.45) is 0 Å². The standard InChI is InChI=1S/C10H11Cl2FO/c1-2-3-6-14-10-8(12)5-4-7(11)9(10)13/h4-5H,2-3,6H2,1H3. The number of rotatable bonds is 4. The van der Waals surface area contributed by atoms with E-state index in [0.717, 1.165) is 12.8 Å². The Hall–Kier alpha value is -0.470. The fourth-order valence-corrected chi connectivity index (χ4v) is 1.31. The lowest BCUT2D eigenvalue weighted by molar-refractivity contribution is 0.294. The maximum absolute atomic E-state index is 13.3. The van der Waals surface area contributed by atoms with Gasteiger partial charge in [0, 0.05) is 0 Å². The molecule has 0 N–H and O–H groups in total. The molecule has 0 radical (unpaired) electrons. The fraction of sp³-hybridized carbons (Fsp3) is 0.400. The van der Waals surface area contributed by atoms with Gasteiger partial charge in [0.1, 0.15) is 0 Å². The van der Waals surface area contributed by atoms with Crippen molar-refractivity contribution in [1.29, 1.82) is 0 Å². The monoisotopic (exact) mass is 236 g/mol. The highest BCUT2D eigenvalue weighted by Crippen LogP contribution is 2.32. The highest BCUT2D eigenvalue weighted by atomic mass is 35.5. The van der Waals surface area contributed by atoms with Gasteiger partial charge in [-0.05, 0) is 18.6 Å². The van der Waals surface area contributed by atoms with Gasteiger partial charge in [-0.1, -0.05) is 36.5 Å². The maximum Gasteiger partial charge on any atom is 0.185 e. The lowest BCUT2D eigenvalue weighted by Gasteiger charge is -2.08. The predicted molar refractivity (Wildman–Crippen MR) is 56.8 cm³/mol. The highest BCUT2D eigenvalue weighted by molar-refractivity contribution is 6.34. The van der Waals surface area contributed by atoms with Gasteiger partial charge in [-0.3, -0.25) is 0 Å². The smallest absolute Gasteiger partial charge is 0.185 e. The van der Waals surface area contributed by atoms with E-state index in [2.05, 4.69) is 0 Å². The molecule has 0 aliphatic carbocycles. The zero-order valence-electron chi connectivity index (χ0n) is 7.82. The van der Waals surface area contributed by atoms with Gasteiger partial charge in [0.25, 0.3) is 0 Å². The molecule has 78 valence electrons. The number of ether oxygens (including phenoxy) is 1. The molecule has 0 heterocycles. The van der Waals surface area contributed by atoms with E-state index in [1.54, 1.807) is 0 Å². The summed E-state index contributed by atoms with van der Waals surface area (Å²) in [6, 6.07) is 2.93. The molecular formula is C10H11Cl2FO. The van der Waals surface area contributed by atoms with Gasteiger partial charge in [0.15, 0.2) is 11.6 Å². The van der Waals surface area contributed by atoms with Crippen LogP contribution in [0.3, 0.4) is 0 Å². The summed E-state index contributed by atoms with van der Waals surface area (Å²) in [6.07, 6.45) is 1.85. The first-order valence-electron chi connectivity index (χ1n) is 4.43. The Morgan fingerprint density at radius 3 is 2.57 bits per heavy atom. The molecule has 1 nitrogen and oxygen atoms in total. The highest BCUT2D eigenvalue weighted by Gasteiger charge is 2.11. The second-order valence-corrected chi connectivity index (χ2v) is 3.69. The predicted octanol–water partition coefficient (Wildman–Crippen LogP) is 4.31. The Labute approximate surface area is 92.8 Å². The lowest BCUT2D eigenvalue weighted by Crippen LogP contribution is -1.99. The summed E-state index contributed by atoms with van der Waals surface area (Å²) < 4.78 is 18.5. The van der Waals surface area contributed by atoms with E-state index in [0.29, 0.717) is 6.61 Å². The van der Waals surface area contributed by atoms with Crippen molar-refractivity contribution in [3.8, 4) is 5.75 Å². The van der Waals surface area contributed by atoms with E-state index in [1.807, 2.05) is 6.92 Å². The molecule has 1 aromatic carbocycles. The number of benzene rings is 1. The molecule has 0 spiro atoms. The molecule has 0 bridgehead atoms. The Bertz CT molecular complexity index is 315. The number of hydrogen-bond donors (Lipinski definition) is 0. The van der Waals surface area contributed by atoms with Crippen molar-refractivity contribution in [3.05, 3.63) is 28.0 Å². The minimum atomic E-state index is -0.588. The Kier molecular flexibility index (Phi) is 4.49. The summed E-state index contributed by atoms with van der Waals surface area (Å²) in [7, 11) is 0. The van der Waals surface area contributed by atoms with Gasteiger partial charge in [0.2, 0.25) is 0 Å². The van der Waals surface area contributed by atoms with Crippen LogP contribution in [-0.4, -0.2) is 6.61 Å². The van der Waals surface area contributed by atoms with Gasteiger partial charge in [-0.15, -0.1) is 0 Å². The number of halogens is 3. The van der Waals surface area contributed by atoms with Crippen LogP contribution in [0.4, 0.5) is 4.39 Å². The van der Waals surface area contributed by atoms with Gasteiger partial charge in [-0.25, -0.2) is 4.39 Å². The SMILES string of the molecule is CCCCOc1c(Cl)ccc(Cl)c1F. The largest absolute Gasteiger partial charge is 0.489 e. The molecule has 0 amide bonds. The molecular weight excluding hydrogens is 226 g/mol. The summed E-state index contributed by atoms with van der Waals surface area (Å²) in [6.45, 7) is 2.48. The van der Waals surface area contributed by atoms with Gasteiger partial charge >= 0.3 is 0 Å². The lowest BCUT2D eigenvalue weighted by atomic mass is 10.3. The van der Waals surface area contributed by atoms with Crippen molar-refractivity contribution in [2.75, 3.05) is 6.61 Å². The minimum Gasteiger partial charge on any atom is -0.489 e. The Balaban J connectivity index is 2.79. The van der Waals surface area contributed by atoms with Crippen LogP contribution < -0.4 is 4.74 Å². The van der Waals surface area contributed by atoms with Gasteiger partial charge in [-0.2, -0.15) is 0 Å². The minimum absolute atomic E-state index is 0.0286. The molecule has 0 atom stereocenters. The zero-order chi connectivity index (χ0) is 10.6. The van der Waals surface area contributed by atoms with Crippen LogP contribution >= 0.6 is 23.2 Å². The van der Waals surface area contributed by atoms with E-state index in [-0.39, 0.29) is 15.8 Å². The van der Waals surface area contributed by atoms with Crippen molar-refractivity contribution in [1.82, 2.24) is 0 Å². The quantitative estimate of drug-likeness (QED) is 0.560. The van der Waals surface area contributed by atoms with E-state index >= 15 is 0 Å². The molecule has 0 saturated carbocycles. The first-order valence-corrected chi connectivity index (χ1v) is 5.18. The molecule has 0 aliphatic heterocycles. The summed E-state index contributed by atoms with van der Waals surface area (Å²) in [5, 5.41) is 0.281. The van der Waals surface area contributed by atoms with Crippen molar-refractivity contribution >= 4 is 23.2 Å². The van der Waals surface area contributed by atoms with Crippen LogP contribution in [0.2, 0.25) is 10.0 Å². The average molecular weight is 237 g/mol. The first kappa shape index (κ1) is 11.6. The zero-order valence-corrected chi connectivity index (χ0v) is 9.33. The summed E-state index contributed by atoms with van der Waals surface area (Å²) >= 11 is 11.3. The molecule has 0 aromatic heterocycles. The van der Waals surface area contributed by atoms with E-state index in [4.69, 9.17) is 27.9 Å². The van der Waals surface area contributed by atoms with Crippen LogP contribution in [0.25, 0.3) is 0 Å². The van der Waals surface area contributed by atoms with Crippen LogP contribution in [-0.2, 0) is 0 Å². The average Bonchev–Trinajstić information content (AvgIpc) is 2.18.